The first kappa shape index (κ1) is 13.3. The van der Waals surface area contributed by atoms with Crippen LogP contribution in [0.4, 0.5) is 5.13 Å². The summed E-state index contributed by atoms with van der Waals surface area (Å²) in [6.07, 6.45) is 0. The van der Waals surface area contributed by atoms with Crippen LogP contribution in [0.15, 0.2) is 5.38 Å². The summed E-state index contributed by atoms with van der Waals surface area (Å²) in [6.45, 7) is 7.14. The van der Waals surface area contributed by atoms with Gasteiger partial charge in [-0.1, -0.05) is 6.92 Å². The zero-order valence-electron chi connectivity index (χ0n) is 10.4. The van der Waals surface area contributed by atoms with Gasteiger partial charge < -0.3 is 20.6 Å². The average molecular weight is 270 g/mol. The highest BCUT2D eigenvalue weighted by molar-refractivity contribution is 7.13. The molecule has 6 nitrogen and oxygen atoms in total. The van der Waals surface area contributed by atoms with Gasteiger partial charge in [0.15, 0.2) is 5.13 Å². The Labute approximate surface area is 110 Å². The maximum atomic E-state index is 10.8. The number of rotatable bonds is 4. The smallest absolute Gasteiger partial charge is 0.326 e. The second-order valence-electron chi connectivity index (χ2n) is 4.29. The van der Waals surface area contributed by atoms with Gasteiger partial charge in [-0.25, -0.2) is 4.98 Å². The quantitative estimate of drug-likeness (QED) is 0.822. The first-order valence-electron chi connectivity index (χ1n) is 6.03. The van der Waals surface area contributed by atoms with Gasteiger partial charge in [-0.2, -0.15) is 0 Å². The zero-order chi connectivity index (χ0) is 13.1. The molecule has 0 amide bonds. The minimum atomic E-state index is -1.04. The Morgan fingerprint density at radius 2 is 2.22 bits per heavy atom. The van der Waals surface area contributed by atoms with Gasteiger partial charge in [0.2, 0.25) is 0 Å². The molecule has 100 valence electrons. The molecule has 3 N–H and O–H groups in total. The molecule has 7 heteroatoms. The van der Waals surface area contributed by atoms with Gasteiger partial charge in [-0.05, 0) is 6.54 Å². The minimum absolute atomic E-state index is 0.445. The van der Waals surface area contributed by atoms with E-state index in [1.807, 2.05) is 0 Å². The van der Waals surface area contributed by atoms with E-state index in [0.29, 0.717) is 5.69 Å². The van der Waals surface area contributed by atoms with Crippen molar-refractivity contribution >= 4 is 22.4 Å². The number of carbonyl (C=O) groups is 1. The molecule has 1 aliphatic heterocycles. The minimum Gasteiger partial charge on any atom is -0.480 e. The molecule has 0 radical (unpaired) electrons. The molecule has 2 rings (SSSR count). The number of aliphatic carboxylic acids is 1. The van der Waals surface area contributed by atoms with Gasteiger partial charge >= 0.3 is 5.97 Å². The molecule has 2 heterocycles. The van der Waals surface area contributed by atoms with E-state index in [2.05, 4.69) is 21.7 Å². The standard InChI is InChI=1S/C11H18N4O2S/c1-2-14-3-5-15(6-4-14)11-13-8(7-18-11)9(12)10(16)17/h7,9H,2-6,12H2,1H3,(H,16,17). The van der Waals surface area contributed by atoms with Crippen LogP contribution in [0.2, 0.25) is 0 Å². The van der Waals surface area contributed by atoms with Crippen LogP contribution < -0.4 is 10.6 Å². The maximum Gasteiger partial charge on any atom is 0.326 e. The maximum absolute atomic E-state index is 10.8. The van der Waals surface area contributed by atoms with E-state index in [4.69, 9.17) is 10.8 Å². The van der Waals surface area contributed by atoms with Gasteiger partial charge in [-0.3, -0.25) is 4.79 Å². The van der Waals surface area contributed by atoms with E-state index >= 15 is 0 Å². The third-order valence-corrected chi connectivity index (χ3v) is 4.10. The normalized spacial score (nSPS) is 18.9. The predicted molar refractivity (Wildman–Crippen MR) is 71.0 cm³/mol. The molecule has 0 aromatic carbocycles. The molecule has 1 aromatic rings. The third-order valence-electron chi connectivity index (χ3n) is 3.18. The highest BCUT2D eigenvalue weighted by Gasteiger charge is 2.22. The van der Waals surface area contributed by atoms with Crippen LogP contribution in [0.1, 0.15) is 18.7 Å². The molecule has 1 aliphatic rings. The molecular formula is C11H18N4O2S. The van der Waals surface area contributed by atoms with Crippen molar-refractivity contribution in [3.8, 4) is 0 Å². The summed E-state index contributed by atoms with van der Waals surface area (Å²) in [6, 6.07) is -1.02. The lowest BCUT2D eigenvalue weighted by Crippen LogP contribution is -2.46. The number of nitrogens with two attached hydrogens (primary N) is 1. The topological polar surface area (TPSA) is 82.7 Å². The number of hydrogen-bond donors (Lipinski definition) is 2. The van der Waals surface area contributed by atoms with Gasteiger partial charge in [0.05, 0.1) is 5.69 Å². The molecule has 0 spiro atoms. The molecule has 18 heavy (non-hydrogen) atoms. The molecule has 1 aromatic heterocycles. The molecule has 1 fully saturated rings. The summed E-state index contributed by atoms with van der Waals surface area (Å²) in [5.74, 6) is -1.04. The van der Waals surface area contributed by atoms with Crippen LogP contribution in [-0.2, 0) is 4.79 Å². The van der Waals surface area contributed by atoms with Crippen LogP contribution in [-0.4, -0.2) is 53.7 Å². The molecule has 1 unspecified atom stereocenters. The number of piperazine rings is 1. The highest BCUT2D eigenvalue weighted by Crippen LogP contribution is 2.24. The highest BCUT2D eigenvalue weighted by atomic mass is 32.1. The molecule has 0 saturated carbocycles. The molecule has 0 bridgehead atoms. The van der Waals surface area contributed by atoms with E-state index in [1.165, 1.54) is 11.3 Å². The average Bonchev–Trinajstić information content (AvgIpc) is 2.87. The Balaban J connectivity index is 2.00. The number of carboxylic acid groups (broad SMARTS) is 1. The van der Waals surface area contributed by atoms with Crippen molar-refractivity contribution in [1.29, 1.82) is 0 Å². The van der Waals surface area contributed by atoms with Crippen molar-refractivity contribution in [2.24, 2.45) is 5.73 Å². The number of likely N-dealkylation sites (N-methyl/N-ethyl adjacent to an activating group) is 1. The van der Waals surface area contributed by atoms with Crippen molar-refractivity contribution in [3.63, 3.8) is 0 Å². The molecule has 0 aliphatic carbocycles. The third kappa shape index (κ3) is 2.80. The fourth-order valence-electron chi connectivity index (χ4n) is 1.95. The lowest BCUT2D eigenvalue weighted by molar-refractivity contribution is -0.138. The van der Waals surface area contributed by atoms with Gasteiger partial charge in [-0.15, -0.1) is 11.3 Å². The summed E-state index contributed by atoms with van der Waals surface area (Å²) in [4.78, 5) is 19.7. The number of carboxylic acids is 1. The first-order valence-corrected chi connectivity index (χ1v) is 6.91. The van der Waals surface area contributed by atoms with Crippen LogP contribution >= 0.6 is 11.3 Å². The van der Waals surface area contributed by atoms with E-state index in [-0.39, 0.29) is 0 Å². The summed E-state index contributed by atoms with van der Waals surface area (Å²) in [5.41, 5.74) is 5.99. The van der Waals surface area contributed by atoms with Crippen molar-refractivity contribution < 1.29 is 9.90 Å². The largest absolute Gasteiger partial charge is 0.480 e. The second kappa shape index (κ2) is 5.64. The van der Waals surface area contributed by atoms with E-state index in [9.17, 15) is 4.79 Å². The van der Waals surface area contributed by atoms with Crippen LogP contribution in [0.5, 0.6) is 0 Å². The summed E-state index contributed by atoms with van der Waals surface area (Å²) in [5, 5.41) is 11.5. The van der Waals surface area contributed by atoms with Crippen molar-refractivity contribution in [2.75, 3.05) is 37.6 Å². The molecular weight excluding hydrogens is 252 g/mol. The monoisotopic (exact) mass is 270 g/mol. The van der Waals surface area contributed by atoms with Gasteiger partial charge in [0.25, 0.3) is 0 Å². The number of nitrogens with zero attached hydrogens (tertiary/aromatic N) is 3. The SMILES string of the molecule is CCN1CCN(c2nc(C(N)C(=O)O)cs2)CC1. The van der Waals surface area contributed by atoms with E-state index in [0.717, 1.165) is 37.9 Å². The number of aromatic nitrogens is 1. The van der Waals surface area contributed by atoms with Crippen molar-refractivity contribution in [1.82, 2.24) is 9.88 Å². The van der Waals surface area contributed by atoms with E-state index in [1.54, 1.807) is 5.38 Å². The fourth-order valence-corrected chi connectivity index (χ4v) is 2.86. The zero-order valence-corrected chi connectivity index (χ0v) is 11.2. The molecule has 1 atom stereocenters. The van der Waals surface area contributed by atoms with Gasteiger partial charge in [0.1, 0.15) is 6.04 Å². The van der Waals surface area contributed by atoms with Crippen LogP contribution in [0, 0.1) is 0 Å². The summed E-state index contributed by atoms with van der Waals surface area (Å²) < 4.78 is 0. The Bertz CT molecular complexity index is 415. The lowest BCUT2D eigenvalue weighted by atomic mass is 10.2. The second-order valence-corrected chi connectivity index (χ2v) is 5.13. The Morgan fingerprint density at radius 3 is 2.78 bits per heavy atom. The number of thiazole rings is 1. The Morgan fingerprint density at radius 1 is 1.56 bits per heavy atom. The summed E-state index contributed by atoms with van der Waals surface area (Å²) in [7, 11) is 0. The number of anilines is 1. The summed E-state index contributed by atoms with van der Waals surface area (Å²) >= 11 is 1.46. The van der Waals surface area contributed by atoms with Crippen LogP contribution in [0.25, 0.3) is 0 Å². The van der Waals surface area contributed by atoms with Gasteiger partial charge in [0, 0.05) is 31.6 Å². The Hall–Kier alpha value is -1.18. The number of hydrogen-bond acceptors (Lipinski definition) is 6. The van der Waals surface area contributed by atoms with E-state index < -0.39 is 12.0 Å². The van der Waals surface area contributed by atoms with Crippen LogP contribution in [0.3, 0.4) is 0 Å². The molecule has 1 saturated heterocycles. The predicted octanol–water partition coefficient (Wildman–Crippen LogP) is 0.369. The Kier molecular flexibility index (Phi) is 4.15. The van der Waals surface area contributed by atoms with Crippen molar-refractivity contribution in [2.45, 2.75) is 13.0 Å². The fraction of sp³-hybridized carbons (Fsp3) is 0.636. The van der Waals surface area contributed by atoms with Crippen molar-refractivity contribution in [3.05, 3.63) is 11.1 Å². The first-order chi connectivity index (χ1) is 8.61. The lowest BCUT2D eigenvalue weighted by Gasteiger charge is -2.33.